The largest absolute Gasteiger partial charge is 0.489 e. The lowest BCUT2D eigenvalue weighted by Crippen LogP contribution is -2.11. The minimum absolute atomic E-state index is 0.116. The van der Waals surface area contributed by atoms with Gasteiger partial charge in [-0.25, -0.2) is 0 Å². The van der Waals surface area contributed by atoms with Crippen molar-refractivity contribution in [3.8, 4) is 5.75 Å². The molecular weight excluding hydrogens is 390 g/mol. The number of anilines is 1. The number of ether oxygens (including phenoxy) is 1. The van der Waals surface area contributed by atoms with Crippen molar-refractivity contribution in [2.24, 2.45) is 0 Å². The summed E-state index contributed by atoms with van der Waals surface area (Å²) < 4.78 is 6.76. The quantitative estimate of drug-likeness (QED) is 0.554. The number of nitrogens with one attached hydrogen (secondary N) is 1. The molecule has 3 aromatic rings. The van der Waals surface area contributed by atoms with Crippen LogP contribution in [-0.4, -0.2) is 5.91 Å². The molecule has 0 atom stereocenters. The van der Waals surface area contributed by atoms with Crippen LogP contribution in [0.3, 0.4) is 0 Å². The lowest BCUT2D eigenvalue weighted by molar-refractivity contribution is 0.102. The van der Waals surface area contributed by atoms with E-state index in [2.05, 4.69) is 28.2 Å². The number of aryl methyl sites for hydroxylation is 1. The Labute approximate surface area is 162 Å². The fraction of sp³-hybridized carbons (Fsp3) is 0.136. The van der Waals surface area contributed by atoms with Gasteiger partial charge in [-0.2, -0.15) is 0 Å². The number of hydrogen-bond donors (Lipinski definition) is 1. The zero-order valence-corrected chi connectivity index (χ0v) is 16.1. The molecule has 0 spiro atoms. The van der Waals surface area contributed by atoms with Gasteiger partial charge in [-0.3, -0.25) is 4.79 Å². The van der Waals surface area contributed by atoms with E-state index >= 15 is 0 Å². The molecule has 0 aliphatic heterocycles. The van der Waals surface area contributed by atoms with Crippen molar-refractivity contribution in [3.63, 3.8) is 0 Å². The Bertz CT molecular complexity index is 856. The van der Waals surface area contributed by atoms with Crippen LogP contribution in [0.15, 0.2) is 77.3 Å². The van der Waals surface area contributed by atoms with Gasteiger partial charge in [0, 0.05) is 15.7 Å². The molecule has 1 N–H and O–H groups in total. The van der Waals surface area contributed by atoms with E-state index in [1.807, 2.05) is 72.8 Å². The first-order chi connectivity index (χ1) is 12.6. The Kier molecular flexibility index (Phi) is 6.08. The van der Waals surface area contributed by atoms with Crippen molar-refractivity contribution in [3.05, 3.63) is 94.0 Å². The number of rotatable bonds is 6. The SMILES string of the molecule is CCc1ccc(NC(=O)c2ccc(COc3ccc(Br)cc3)cc2)cc1. The van der Waals surface area contributed by atoms with Crippen molar-refractivity contribution in [1.29, 1.82) is 0 Å². The summed E-state index contributed by atoms with van der Waals surface area (Å²) in [4.78, 5) is 12.3. The van der Waals surface area contributed by atoms with E-state index in [0.717, 1.165) is 27.9 Å². The van der Waals surface area contributed by atoms with Crippen molar-refractivity contribution in [2.75, 3.05) is 5.32 Å². The van der Waals surface area contributed by atoms with Crippen LogP contribution >= 0.6 is 15.9 Å². The van der Waals surface area contributed by atoms with Crippen LogP contribution < -0.4 is 10.1 Å². The zero-order valence-electron chi connectivity index (χ0n) is 14.5. The minimum atomic E-state index is -0.116. The summed E-state index contributed by atoms with van der Waals surface area (Å²) in [5.41, 5.74) is 3.68. The van der Waals surface area contributed by atoms with Crippen LogP contribution in [-0.2, 0) is 13.0 Å². The van der Waals surface area contributed by atoms with E-state index in [4.69, 9.17) is 4.74 Å². The van der Waals surface area contributed by atoms with Gasteiger partial charge in [-0.05, 0) is 66.1 Å². The van der Waals surface area contributed by atoms with Crippen LogP contribution in [0.5, 0.6) is 5.75 Å². The molecule has 0 aliphatic rings. The first-order valence-corrected chi connectivity index (χ1v) is 9.31. The monoisotopic (exact) mass is 409 g/mol. The van der Waals surface area contributed by atoms with Gasteiger partial charge in [-0.15, -0.1) is 0 Å². The topological polar surface area (TPSA) is 38.3 Å². The molecule has 0 aliphatic carbocycles. The van der Waals surface area contributed by atoms with E-state index < -0.39 is 0 Å². The van der Waals surface area contributed by atoms with Gasteiger partial charge in [0.1, 0.15) is 12.4 Å². The Hall–Kier alpha value is -2.59. The van der Waals surface area contributed by atoms with Crippen molar-refractivity contribution in [1.82, 2.24) is 0 Å². The van der Waals surface area contributed by atoms with Gasteiger partial charge in [0.05, 0.1) is 0 Å². The predicted molar refractivity (Wildman–Crippen MR) is 109 cm³/mol. The number of benzene rings is 3. The predicted octanol–water partition coefficient (Wildman–Crippen LogP) is 5.84. The molecule has 3 aromatic carbocycles. The summed E-state index contributed by atoms with van der Waals surface area (Å²) >= 11 is 3.40. The third kappa shape index (κ3) is 4.96. The summed E-state index contributed by atoms with van der Waals surface area (Å²) in [6, 6.07) is 23.1. The first-order valence-electron chi connectivity index (χ1n) is 8.51. The average Bonchev–Trinajstić information content (AvgIpc) is 2.68. The van der Waals surface area contributed by atoms with Crippen LogP contribution in [0.1, 0.15) is 28.4 Å². The van der Waals surface area contributed by atoms with Crippen LogP contribution in [0.2, 0.25) is 0 Å². The zero-order chi connectivity index (χ0) is 18.4. The van der Waals surface area contributed by atoms with Crippen molar-refractivity contribution in [2.45, 2.75) is 20.0 Å². The van der Waals surface area contributed by atoms with Gasteiger partial charge >= 0.3 is 0 Å². The van der Waals surface area contributed by atoms with E-state index in [9.17, 15) is 4.79 Å². The fourth-order valence-corrected chi connectivity index (χ4v) is 2.74. The second-order valence-electron chi connectivity index (χ2n) is 5.94. The minimum Gasteiger partial charge on any atom is -0.489 e. The number of halogens is 1. The third-order valence-corrected chi connectivity index (χ3v) is 4.58. The maximum absolute atomic E-state index is 12.3. The molecule has 0 saturated heterocycles. The highest BCUT2D eigenvalue weighted by atomic mass is 79.9. The third-order valence-electron chi connectivity index (χ3n) is 4.06. The standard InChI is InChI=1S/C22H20BrNO2/c1-2-16-5-11-20(12-6-16)24-22(25)18-7-3-17(4-8-18)15-26-21-13-9-19(23)10-14-21/h3-14H,2,15H2,1H3,(H,24,25). The molecule has 1 amide bonds. The molecule has 0 bridgehead atoms. The molecule has 0 radical (unpaired) electrons. The van der Waals surface area contributed by atoms with Crippen LogP contribution in [0.4, 0.5) is 5.69 Å². The van der Waals surface area contributed by atoms with Gasteiger partial charge in [0.15, 0.2) is 0 Å². The molecule has 26 heavy (non-hydrogen) atoms. The molecule has 4 heteroatoms. The Morgan fingerprint density at radius 1 is 0.885 bits per heavy atom. The fourth-order valence-electron chi connectivity index (χ4n) is 2.48. The van der Waals surface area contributed by atoms with Gasteiger partial charge in [-0.1, -0.05) is 47.1 Å². The van der Waals surface area contributed by atoms with Gasteiger partial charge < -0.3 is 10.1 Å². The molecule has 0 fully saturated rings. The van der Waals surface area contributed by atoms with E-state index in [0.29, 0.717) is 12.2 Å². The molecule has 0 heterocycles. The second-order valence-corrected chi connectivity index (χ2v) is 6.86. The smallest absolute Gasteiger partial charge is 0.255 e. The van der Waals surface area contributed by atoms with Crippen molar-refractivity contribution < 1.29 is 9.53 Å². The van der Waals surface area contributed by atoms with Crippen molar-refractivity contribution >= 4 is 27.5 Å². The van der Waals surface area contributed by atoms with Crippen LogP contribution in [0, 0.1) is 0 Å². The molecular formula is C22H20BrNO2. The van der Waals surface area contributed by atoms with Gasteiger partial charge in [0.2, 0.25) is 0 Å². The van der Waals surface area contributed by atoms with Crippen LogP contribution in [0.25, 0.3) is 0 Å². The molecule has 132 valence electrons. The summed E-state index contributed by atoms with van der Waals surface area (Å²) in [6.07, 6.45) is 0.984. The highest BCUT2D eigenvalue weighted by molar-refractivity contribution is 9.10. The highest BCUT2D eigenvalue weighted by Gasteiger charge is 2.06. The summed E-state index contributed by atoms with van der Waals surface area (Å²) in [7, 11) is 0. The molecule has 0 unspecified atom stereocenters. The molecule has 3 rings (SSSR count). The Balaban J connectivity index is 1.57. The summed E-state index contributed by atoms with van der Waals surface area (Å²) in [6.45, 7) is 2.57. The molecule has 0 saturated carbocycles. The maximum atomic E-state index is 12.3. The Morgan fingerprint density at radius 2 is 1.50 bits per heavy atom. The Morgan fingerprint density at radius 3 is 2.12 bits per heavy atom. The lowest BCUT2D eigenvalue weighted by atomic mass is 10.1. The van der Waals surface area contributed by atoms with E-state index in [-0.39, 0.29) is 5.91 Å². The number of carbonyl (C=O) groups excluding carboxylic acids is 1. The molecule has 3 nitrogen and oxygen atoms in total. The number of amides is 1. The maximum Gasteiger partial charge on any atom is 0.255 e. The molecule has 0 aromatic heterocycles. The number of hydrogen-bond acceptors (Lipinski definition) is 2. The normalized spacial score (nSPS) is 10.4. The van der Waals surface area contributed by atoms with E-state index in [1.165, 1.54) is 5.56 Å². The highest BCUT2D eigenvalue weighted by Crippen LogP contribution is 2.18. The van der Waals surface area contributed by atoms with Gasteiger partial charge in [0.25, 0.3) is 5.91 Å². The lowest BCUT2D eigenvalue weighted by Gasteiger charge is -2.08. The summed E-state index contributed by atoms with van der Waals surface area (Å²) in [5, 5.41) is 2.92. The average molecular weight is 410 g/mol. The second kappa shape index (κ2) is 8.68. The summed E-state index contributed by atoms with van der Waals surface area (Å²) in [5.74, 6) is 0.695. The number of carbonyl (C=O) groups is 1. The first kappa shape index (κ1) is 18.2. The van der Waals surface area contributed by atoms with E-state index in [1.54, 1.807) is 0 Å².